The van der Waals surface area contributed by atoms with Gasteiger partial charge < -0.3 is 15.6 Å². The number of phenolic OH excluding ortho intramolecular Hbond substituents is 1. The number of hydrogen-bond donors (Lipinski definition) is 2. The molecule has 2 aromatic rings. The first kappa shape index (κ1) is 23.9. The van der Waals surface area contributed by atoms with Crippen molar-refractivity contribution in [2.75, 3.05) is 19.6 Å². The smallest absolute Gasteiger partial charge is 0.122 e. The predicted molar refractivity (Wildman–Crippen MR) is 120 cm³/mol. The summed E-state index contributed by atoms with van der Waals surface area (Å²) in [5.74, 6) is 0.940. The molecule has 0 bridgehead atoms. The maximum Gasteiger partial charge on any atom is 0.122 e. The van der Waals surface area contributed by atoms with Gasteiger partial charge >= 0.3 is 0 Å². The monoisotopic (exact) mass is 439 g/mol. The topological polar surface area (TPSA) is 71.6 Å². The second-order valence-electron chi connectivity index (χ2n) is 7.87. The van der Waals surface area contributed by atoms with E-state index in [4.69, 9.17) is 10.5 Å². The maximum absolute atomic E-state index is 10.6. The highest BCUT2D eigenvalue weighted by atomic mass is 35.5. The van der Waals surface area contributed by atoms with E-state index in [0.29, 0.717) is 18.2 Å². The van der Waals surface area contributed by atoms with Gasteiger partial charge in [0.2, 0.25) is 0 Å². The van der Waals surface area contributed by atoms with E-state index in [0.717, 1.165) is 55.6 Å². The number of hydrogen-bond acceptors (Lipinski definition) is 5. The van der Waals surface area contributed by atoms with Crippen LogP contribution in [-0.4, -0.2) is 40.7 Å². The number of likely N-dealkylation sites (tertiary alicyclic amines) is 1. The standard InChI is InChI=1S/C22H29N3O2.2ClH/c1-15-2-3-18-19(22(15)26)12-20(27-21(18)13-23)17-6-10-25(11-7-17)14-16-4-8-24-9-5-16;;/h2-5,8-9,17,20-21,26H,6-7,10-14,23H2,1H3;2*1H. The maximum atomic E-state index is 10.6. The van der Waals surface area contributed by atoms with E-state index in [1.165, 1.54) is 5.56 Å². The Hall–Kier alpha value is -1.37. The van der Waals surface area contributed by atoms with Gasteiger partial charge in [0.1, 0.15) is 5.75 Å². The summed E-state index contributed by atoms with van der Waals surface area (Å²) in [6.07, 6.45) is 6.77. The van der Waals surface area contributed by atoms with Crippen LogP contribution in [0.4, 0.5) is 0 Å². The highest BCUT2D eigenvalue weighted by Crippen LogP contribution is 2.40. The van der Waals surface area contributed by atoms with E-state index in [2.05, 4.69) is 28.1 Å². The predicted octanol–water partition coefficient (Wildman–Crippen LogP) is 3.79. The molecule has 0 amide bonds. The highest BCUT2D eigenvalue weighted by Gasteiger charge is 2.35. The molecule has 3 N–H and O–H groups in total. The third kappa shape index (κ3) is 5.22. The van der Waals surface area contributed by atoms with Crippen molar-refractivity contribution in [2.45, 2.75) is 44.9 Å². The van der Waals surface area contributed by atoms with Gasteiger partial charge in [-0.15, -0.1) is 24.8 Å². The lowest BCUT2D eigenvalue weighted by molar-refractivity contribution is -0.0651. The van der Waals surface area contributed by atoms with E-state index >= 15 is 0 Å². The normalized spacial score (nSPS) is 22.3. The zero-order valence-corrected chi connectivity index (χ0v) is 18.4. The SMILES string of the molecule is Cc1ccc2c(c1O)CC(C1CCN(Cc3ccncc3)CC1)OC2CN.Cl.Cl. The number of halogens is 2. The lowest BCUT2D eigenvalue weighted by Gasteiger charge is -2.40. The van der Waals surface area contributed by atoms with Gasteiger partial charge in [0.25, 0.3) is 0 Å². The average molecular weight is 440 g/mol. The summed E-state index contributed by atoms with van der Waals surface area (Å²) in [6, 6.07) is 8.20. The molecule has 2 unspecified atom stereocenters. The van der Waals surface area contributed by atoms with Crippen LogP contribution in [0.15, 0.2) is 36.7 Å². The molecule has 0 aliphatic carbocycles. The van der Waals surface area contributed by atoms with Crippen LogP contribution in [0, 0.1) is 12.8 Å². The quantitative estimate of drug-likeness (QED) is 0.757. The fourth-order valence-electron chi connectivity index (χ4n) is 4.51. The van der Waals surface area contributed by atoms with Crippen LogP contribution in [0.25, 0.3) is 0 Å². The Morgan fingerprint density at radius 1 is 1.14 bits per heavy atom. The molecular formula is C22H31Cl2N3O2. The molecule has 7 heteroatoms. The van der Waals surface area contributed by atoms with Crippen molar-refractivity contribution in [2.24, 2.45) is 11.7 Å². The summed E-state index contributed by atoms with van der Waals surface area (Å²) in [5.41, 5.74) is 10.3. The molecule has 1 aromatic carbocycles. The number of ether oxygens (including phenoxy) is 1. The van der Waals surface area contributed by atoms with Gasteiger partial charge in [0, 0.05) is 37.5 Å². The largest absolute Gasteiger partial charge is 0.507 e. The second-order valence-corrected chi connectivity index (χ2v) is 7.87. The number of pyridine rings is 1. The number of aromatic hydroxyl groups is 1. The molecule has 5 nitrogen and oxygen atoms in total. The Morgan fingerprint density at radius 3 is 2.48 bits per heavy atom. The Bertz CT molecular complexity index is 783. The molecule has 1 saturated heterocycles. The second kappa shape index (κ2) is 10.6. The minimum Gasteiger partial charge on any atom is -0.507 e. The number of aromatic nitrogens is 1. The molecule has 3 heterocycles. The van der Waals surface area contributed by atoms with Crippen LogP contribution in [0.1, 0.15) is 41.2 Å². The minimum atomic E-state index is -0.111. The first-order chi connectivity index (χ1) is 13.2. The van der Waals surface area contributed by atoms with Crippen molar-refractivity contribution in [3.63, 3.8) is 0 Å². The average Bonchev–Trinajstić information content (AvgIpc) is 2.71. The summed E-state index contributed by atoms with van der Waals surface area (Å²) >= 11 is 0. The summed E-state index contributed by atoms with van der Waals surface area (Å²) < 4.78 is 6.39. The van der Waals surface area contributed by atoms with E-state index in [-0.39, 0.29) is 37.0 Å². The van der Waals surface area contributed by atoms with Crippen LogP contribution in [0.2, 0.25) is 0 Å². The van der Waals surface area contributed by atoms with Gasteiger partial charge in [-0.25, -0.2) is 0 Å². The van der Waals surface area contributed by atoms with Crippen LogP contribution >= 0.6 is 24.8 Å². The number of rotatable bonds is 4. The van der Waals surface area contributed by atoms with Crippen LogP contribution < -0.4 is 5.73 Å². The van der Waals surface area contributed by atoms with E-state index in [1.807, 2.05) is 25.4 Å². The lowest BCUT2D eigenvalue weighted by atomic mass is 9.83. The van der Waals surface area contributed by atoms with Gasteiger partial charge in [-0.2, -0.15) is 0 Å². The number of piperidine rings is 1. The lowest BCUT2D eigenvalue weighted by Crippen LogP contribution is -2.41. The molecule has 2 aliphatic rings. The van der Waals surface area contributed by atoms with Crippen LogP contribution in [0.5, 0.6) is 5.75 Å². The Labute approximate surface area is 185 Å². The molecule has 0 spiro atoms. The minimum absolute atomic E-state index is 0. The Kier molecular flexibility index (Phi) is 8.73. The van der Waals surface area contributed by atoms with Crippen molar-refractivity contribution in [1.82, 2.24) is 9.88 Å². The van der Waals surface area contributed by atoms with Crippen molar-refractivity contribution in [3.8, 4) is 5.75 Å². The van der Waals surface area contributed by atoms with E-state index in [9.17, 15) is 5.11 Å². The van der Waals surface area contributed by atoms with Crippen molar-refractivity contribution >= 4 is 24.8 Å². The number of fused-ring (bicyclic) bond motifs is 1. The zero-order chi connectivity index (χ0) is 18.8. The first-order valence-electron chi connectivity index (χ1n) is 9.94. The Balaban J connectivity index is 0.00000150. The van der Waals surface area contributed by atoms with Crippen molar-refractivity contribution in [1.29, 1.82) is 0 Å². The molecule has 4 rings (SSSR count). The van der Waals surface area contributed by atoms with Gasteiger partial charge in [-0.05, 0) is 67.6 Å². The molecule has 2 aliphatic heterocycles. The molecule has 1 aromatic heterocycles. The molecular weight excluding hydrogens is 409 g/mol. The fourth-order valence-corrected chi connectivity index (χ4v) is 4.51. The van der Waals surface area contributed by atoms with Crippen LogP contribution in [-0.2, 0) is 17.7 Å². The third-order valence-corrected chi connectivity index (χ3v) is 6.14. The molecule has 0 radical (unpaired) electrons. The Morgan fingerprint density at radius 2 is 1.83 bits per heavy atom. The number of nitrogens with two attached hydrogens (primary N) is 1. The summed E-state index contributed by atoms with van der Waals surface area (Å²) in [6.45, 7) is 5.54. The van der Waals surface area contributed by atoms with Crippen molar-refractivity contribution in [3.05, 3.63) is 58.9 Å². The summed E-state index contributed by atoms with van der Waals surface area (Å²) in [7, 11) is 0. The fraction of sp³-hybridized carbons (Fsp3) is 0.500. The molecule has 0 saturated carbocycles. The number of phenols is 1. The summed E-state index contributed by atoms with van der Waals surface area (Å²) in [5, 5.41) is 10.6. The van der Waals surface area contributed by atoms with Gasteiger partial charge in [0.05, 0.1) is 12.2 Å². The number of benzene rings is 1. The van der Waals surface area contributed by atoms with E-state index in [1.54, 1.807) is 0 Å². The molecule has 160 valence electrons. The summed E-state index contributed by atoms with van der Waals surface area (Å²) in [4.78, 5) is 6.60. The van der Waals surface area contributed by atoms with E-state index < -0.39 is 0 Å². The van der Waals surface area contributed by atoms with Crippen LogP contribution in [0.3, 0.4) is 0 Å². The zero-order valence-electron chi connectivity index (χ0n) is 16.8. The first-order valence-corrected chi connectivity index (χ1v) is 9.94. The molecule has 1 fully saturated rings. The third-order valence-electron chi connectivity index (χ3n) is 6.14. The number of nitrogens with zero attached hydrogens (tertiary/aromatic N) is 2. The number of aryl methyl sites for hydroxylation is 1. The van der Waals surface area contributed by atoms with Gasteiger partial charge in [-0.3, -0.25) is 9.88 Å². The van der Waals surface area contributed by atoms with Gasteiger partial charge in [-0.1, -0.05) is 12.1 Å². The molecule has 29 heavy (non-hydrogen) atoms. The highest BCUT2D eigenvalue weighted by molar-refractivity contribution is 5.85. The van der Waals surface area contributed by atoms with Gasteiger partial charge in [0.15, 0.2) is 0 Å². The van der Waals surface area contributed by atoms with Crippen molar-refractivity contribution < 1.29 is 9.84 Å². The molecule has 2 atom stereocenters.